The molecule has 0 atom stereocenters. The zero-order valence-electron chi connectivity index (χ0n) is 9.52. The maximum atomic E-state index is 11.7. The highest BCUT2D eigenvalue weighted by atomic mass is 35.5. The fourth-order valence-electron chi connectivity index (χ4n) is 1.49. The first-order valence-electron chi connectivity index (χ1n) is 5.45. The van der Waals surface area contributed by atoms with Crippen molar-refractivity contribution in [2.45, 2.75) is 0 Å². The molecule has 2 aromatic rings. The molecular weight excluding hydrogens is 270 g/mol. The van der Waals surface area contributed by atoms with Crippen LogP contribution in [-0.4, -0.2) is 24.2 Å². The van der Waals surface area contributed by atoms with Gasteiger partial charge in [-0.1, -0.05) is 23.7 Å². The molecule has 0 unspecified atom stereocenters. The second-order valence-corrected chi connectivity index (χ2v) is 5.17. The molecule has 2 N–H and O–H groups in total. The number of hydrogen-bond acceptors (Lipinski definition) is 3. The Labute approximate surface area is 114 Å². The minimum Gasteiger partial charge on any atom is -0.395 e. The zero-order chi connectivity index (χ0) is 13.0. The smallest absolute Gasteiger partial charge is 0.261 e. The standard InChI is InChI=1S/C13H12ClNO2S/c14-10-3-1-9(2-4-10)11-5-6-12(18-11)13(17)15-7-8-16/h1-6,16H,7-8H2,(H,15,17). The maximum Gasteiger partial charge on any atom is 0.261 e. The van der Waals surface area contributed by atoms with Crippen molar-refractivity contribution in [2.24, 2.45) is 0 Å². The van der Waals surface area contributed by atoms with Crippen LogP contribution in [0, 0.1) is 0 Å². The number of carbonyl (C=O) groups is 1. The molecule has 0 fully saturated rings. The van der Waals surface area contributed by atoms with Crippen LogP contribution in [0.4, 0.5) is 0 Å². The Morgan fingerprint density at radius 2 is 1.94 bits per heavy atom. The average molecular weight is 282 g/mol. The summed E-state index contributed by atoms with van der Waals surface area (Å²) in [5, 5.41) is 12.0. The van der Waals surface area contributed by atoms with Gasteiger partial charge in [-0.25, -0.2) is 0 Å². The van der Waals surface area contributed by atoms with E-state index in [1.165, 1.54) is 11.3 Å². The van der Waals surface area contributed by atoms with Crippen molar-refractivity contribution in [3.05, 3.63) is 46.3 Å². The summed E-state index contributed by atoms with van der Waals surface area (Å²) in [6.07, 6.45) is 0. The molecule has 1 amide bonds. The lowest BCUT2D eigenvalue weighted by Crippen LogP contribution is -2.25. The highest BCUT2D eigenvalue weighted by Crippen LogP contribution is 2.28. The molecule has 1 aromatic heterocycles. The van der Waals surface area contributed by atoms with E-state index in [1.54, 1.807) is 6.07 Å². The SMILES string of the molecule is O=C(NCCO)c1ccc(-c2ccc(Cl)cc2)s1. The van der Waals surface area contributed by atoms with Crippen LogP contribution in [0.5, 0.6) is 0 Å². The first kappa shape index (κ1) is 13.1. The number of rotatable bonds is 4. The summed E-state index contributed by atoms with van der Waals surface area (Å²) in [5.74, 6) is -0.158. The van der Waals surface area contributed by atoms with Gasteiger partial charge in [0.15, 0.2) is 0 Å². The first-order valence-corrected chi connectivity index (χ1v) is 6.65. The van der Waals surface area contributed by atoms with Crippen LogP contribution in [0.15, 0.2) is 36.4 Å². The molecule has 3 nitrogen and oxygen atoms in total. The van der Waals surface area contributed by atoms with Crippen molar-refractivity contribution in [3.63, 3.8) is 0 Å². The van der Waals surface area contributed by atoms with Crippen molar-refractivity contribution in [2.75, 3.05) is 13.2 Å². The molecule has 94 valence electrons. The molecule has 0 saturated heterocycles. The van der Waals surface area contributed by atoms with E-state index >= 15 is 0 Å². The first-order chi connectivity index (χ1) is 8.70. The zero-order valence-corrected chi connectivity index (χ0v) is 11.1. The summed E-state index contributed by atoms with van der Waals surface area (Å²) in [7, 11) is 0. The van der Waals surface area contributed by atoms with Crippen molar-refractivity contribution < 1.29 is 9.90 Å². The Morgan fingerprint density at radius 3 is 2.61 bits per heavy atom. The Bertz CT molecular complexity index is 536. The van der Waals surface area contributed by atoms with Gasteiger partial charge >= 0.3 is 0 Å². The Balaban J connectivity index is 2.15. The highest BCUT2D eigenvalue weighted by Gasteiger charge is 2.09. The van der Waals surface area contributed by atoms with Crippen LogP contribution in [-0.2, 0) is 0 Å². The number of halogens is 1. The van der Waals surface area contributed by atoms with Crippen LogP contribution >= 0.6 is 22.9 Å². The van der Waals surface area contributed by atoms with E-state index in [-0.39, 0.29) is 19.1 Å². The number of aliphatic hydroxyl groups excluding tert-OH is 1. The van der Waals surface area contributed by atoms with E-state index in [4.69, 9.17) is 16.7 Å². The van der Waals surface area contributed by atoms with Crippen LogP contribution in [0.3, 0.4) is 0 Å². The fraction of sp³-hybridized carbons (Fsp3) is 0.154. The van der Waals surface area contributed by atoms with E-state index in [0.29, 0.717) is 9.90 Å². The van der Waals surface area contributed by atoms with Crippen molar-refractivity contribution in [1.82, 2.24) is 5.32 Å². The number of aliphatic hydroxyl groups is 1. The van der Waals surface area contributed by atoms with Gasteiger partial charge in [-0.15, -0.1) is 11.3 Å². The van der Waals surface area contributed by atoms with Gasteiger partial charge in [0.2, 0.25) is 0 Å². The molecule has 1 aromatic carbocycles. The van der Waals surface area contributed by atoms with Gasteiger partial charge in [0.05, 0.1) is 11.5 Å². The molecule has 0 aliphatic carbocycles. The maximum absolute atomic E-state index is 11.7. The minimum absolute atomic E-state index is 0.0544. The second kappa shape index (κ2) is 6.00. The molecule has 0 aliphatic heterocycles. The van der Waals surface area contributed by atoms with Gasteiger partial charge in [0, 0.05) is 16.4 Å². The average Bonchev–Trinajstić information content (AvgIpc) is 2.86. The van der Waals surface area contributed by atoms with Crippen molar-refractivity contribution >= 4 is 28.8 Å². The molecule has 0 spiro atoms. The molecule has 1 heterocycles. The van der Waals surface area contributed by atoms with Gasteiger partial charge in [-0.3, -0.25) is 4.79 Å². The molecule has 0 aliphatic rings. The third kappa shape index (κ3) is 3.10. The van der Waals surface area contributed by atoms with E-state index in [0.717, 1.165) is 10.4 Å². The van der Waals surface area contributed by atoms with Gasteiger partial charge in [0.25, 0.3) is 5.91 Å². The molecule has 0 bridgehead atoms. The molecular formula is C13H12ClNO2S. The van der Waals surface area contributed by atoms with Gasteiger partial charge in [0.1, 0.15) is 0 Å². The van der Waals surface area contributed by atoms with Gasteiger partial charge < -0.3 is 10.4 Å². The monoisotopic (exact) mass is 281 g/mol. The quantitative estimate of drug-likeness (QED) is 0.905. The highest BCUT2D eigenvalue weighted by molar-refractivity contribution is 7.17. The van der Waals surface area contributed by atoms with Gasteiger partial charge in [-0.2, -0.15) is 0 Å². The lowest BCUT2D eigenvalue weighted by Gasteiger charge is -1.99. The third-order valence-corrected chi connectivity index (χ3v) is 3.74. The van der Waals surface area contributed by atoms with Crippen molar-refractivity contribution in [3.8, 4) is 10.4 Å². The lowest BCUT2D eigenvalue weighted by molar-refractivity contribution is 0.0949. The van der Waals surface area contributed by atoms with Crippen LogP contribution < -0.4 is 5.32 Å². The molecule has 5 heteroatoms. The molecule has 18 heavy (non-hydrogen) atoms. The van der Waals surface area contributed by atoms with Crippen molar-refractivity contribution in [1.29, 1.82) is 0 Å². The minimum atomic E-state index is -0.158. The lowest BCUT2D eigenvalue weighted by atomic mass is 10.2. The van der Waals surface area contributed by atoms with E-state index in [2.05, 4.69) is 5.32 Å². The summed E-state index contributed by atoms with van der Waals surface area (Å²) in [5.41, 5.74) is 1.03. The molecule has 0 saturated carbocycles. The van der Waals surface area contributed by atoms with Crippen LogP contribution in [0.25, 0.3) is 10.4 Å². The number of hydrogen-bond donors (Lipinski definition) is 2. The fourth-order valence-corrected chi connectivity index (χ4v) is 2.54. The second-order valence-electron chi connectivity index (χ2n) is 3.65. The van der Waals surface area contributed by atoms with Crippen LogP contribution in [0.1, 0.15) is 9.67 Å². The molecule has 0 radical (unpaired) electrons. The largest absolute Gasteiger partial charge is 0.395 e. The summed E-state index contributed by atoms with van der Waals surface area (Å²) in [6.45, 7) is 0.216. The number of carbonyl (C=O) groups excluding carboxylic acids is 1. The topological polar surface area (TPSA) is 49.3 Å². The van der Waals surface area contributed by atoms with Gasteiger partial charge in [-0.05, 0) is 29.8 Å². The third-order valence-electron chi connectivity index (χ3n) is 2.36. The Morgan fingerprint density at radius 1 is 1.22 bits per heavy atom. The number of nitrogens with one attached hydrogen (secondary N) is 1. The molecule has 2 rings (SSSR count). The summed E-state index contributed by atoms with van der Waals surface area (Å²) < 4.78 is 0. The van der Waals surface area contributed by atoms with E-state index in [1.807, 2.05) is 30.3 Å². The number of thiophene rings is 1. The van der Waals surface area contributed by atoms with Crippen LogP contribution in [0.2, 0.25) is 5.02 Å². The summed E-state index contributed by atoms with van der Waals surface area (Å²) in [6, 6.07) is 11.2. The predicted octanol–water partition coefficient (Wildman–Crippen LogP) is 2.79. The summed E-state index contributed by atoms with van der Waals surface area (Å²) in [4.78, 5) is 13.3. The van der Waals surface area contributed by atoms with E-state index in [9.17, 15) is 4.79 Å². The summed E-state index contributed by atoms with van der Waals surface area (Å²) >= 11 is 7.24. The Kier molecular flexibility index (Phi) is 4.36. The number of benzene rings is 1. The normalized spacial score (nSPS) is 10.3. The predicted molar refractivity (Wildman–Crippen MR) is 74.2 cm³/mol. The van der Waals surface area contributed by atoms with E-state index < -0.39 is 0 Å². The Hall–Kier alpha value is -1.36. The number of amides is 1.